The molecular weight excluding hydrogens is 396 g/mol. The number of aromatic nitrogens is 3. The monoisotopic (exact) mass is 420 g/mol. The van der Waals surface area contributed by atoms with Gasteiger partial charge in [0.2, 0.25) is 0 Å². The topological polar surface area (TPSA) is 60.2 Å². The van der Waals surface area contributed by atoms with E-state index in [-0.39, 0.29) is 11.2 Å². The zero-order valence-corrected chi connectivity index (χ0v) is 18.2. The maximum absolute atomic E-state index is 12.6. The van der Waals surface area contributed by atoms with Gasteiger partial charge in [0.1, 0.15) is 12.0 Å². The van der Waals surface area contributed by atoms with Crippen molar-refractivity contribution in [2.75, 3.05) is 4.90 Å². The lowest BCUT2D eigenvalue weighted by atomic mass is 9.78. The van der Waals surface area contributed by atoms with E-state index < -0.39 is 0 Å². The second-order valence-corrected chi connectivity index (χ2v) is 9.73. The normalized spacial score (nSPS) is 20.3. The molecule has 2 aromatic rings. The highest BCUT2D eigenvalue weighted by molar-refractivity contribution is 7.17. The highest BCUT2D eigenvalue weighted by atomic mass is 32.1. The number of ether oxygens (including phenoxy) is 1. The third kappa shape index (κ3) is 3.43. The zero-order valence-electron chi connectivity index (χ0n) is 17.4. The standard InChI is InChI=1S/C23H24N4O2S/c1-23(2)10-18-21(19(28)11-23)30-22(25-18)27-8-9-29-20(14-27)17-7-5-4-6-16(17)15-12-24-26(3)13-15/h4,6,8-9,12-14H,5,7,10-11H2,1-3H3. The number of ketones is 1. The molecule has 0 aromatic carbocycles. The number of hydrogen-bond acceptors (Lipinski definition) is 6. The first-order valence-electron chi connectivity index (χ1n) is 10.2. The average Bonchev–Trinajstić information content (AvgIpc) is 3.34. The Labute approximate surface area is 179 Å². The van der Waals surface area contributed by atoms with Crippen LogP contribution >= 0.6 is 11.3 Å². The molecule has 0 saturated carbocycles. The fourth-order valence-electron chi connectivity index (χ4n) is 4.21. The number of fused-ring (bicyclic) bond motifs is 1. The van der Waals surface area contributed by atoms with Gasteiger partial charge in [-0.05, 0) is 30.3 Å². The summed E-state index contributed by atoms with van der Waals surface area (Å²) in [5.41, 5.74) is 4.24. The van der Waals surface area contributed by atoms with E-state index in [2.05, 4.69) is 31.1 Å². The number of hydrogen-bond donors (Lipinski definition) is 0. The highest BCUT2D eigenvalue weighted by Gasteiger charge is 2.34. The molecule has 0 radical (unpaired) electrons. The Morgan fingerprint density at radius 2 is 2.13 bits per heavy atom. The molecule has 1 aliphatic heterocycles. The Hall–Kier alpha value is -2.93. The molecule has 5 rings (SSSR count). The minimum Gasteiger partial charge on any atom is -0.462 e. The number of Topliss-reactive ketones (excluding diaryl/α,β-unsaturated/α-hetero) is 1. The van der Waals surface area contributed by atoms with Crippen molar-refractivity contribution in [1.29, 1.82) is 0 Å². The van der Waals surface area contributed by atoms with Gasteiger partial charge in [-0.15, -0.1) is 0 Å². The van der Waals surface area contributed by atoms with Gasteiger partial charge in [0.15, 0.2) is 10.9 Å². The number of carbonyl (C=O) groups is 1. The van der Waals surface area contributed by atoms with Crippen LogP contribution in [0.3, 0.4) is 0 Å². The molecule has 154 valence electrons. The van der Waals surface area contributed by atoms with Crippen molar-refractivity contribution >= 4 is 27.8 Å². The first-order valence-corrected chi connectivity index (χ1v) is 11.0. The molecule has 0 atom stereocenters. The van der Waals surface area contributed by atoms with Gasteiger partial charge >= 0.3 is 0 Å². The molecule has 2 aliphatic carbocycles. The van der Waals surface area contributed by atoms with Crippen LogP contribution in [-0.2, 0) is 18.2 Å². The van der Waals surface area contributed by atoms with E-state index in [1.165, 1.54) is 11.3 Å². The minimum absolute atomic E-state index is 0.0326. The highest BCUT2D eigenvalue weighted by Crippen LogP contribution is 2.40. The first-order chi connectivity index (χ1) is 14.4. The molecule has 3 aliphatic rings. The predicted molar refractivity (Wildman–Crippen MR) is 118 cm³/mol. The van der Waals surface area contributed by atoms with E-state index in [1.54, 1.807) is 6.26 Å². The summed E-state index contributed by atoms with van der Waals surface area (Å²) in [6.45, 7) is 4.26. The summed E-state index contributed by atoms with van der Waals surface area (Å²) in [5, 5.41) is 5.12. The maximum Gasteiger partial charge on any atom is 0.194 e. The lowest BCUT2D eigenvalue weighted by molar-refractivity contribution is 0.0916. The van der Waals surface area contributed by atoms with Crippen molar-refractivity contribution in [2.45, 2.75) is 39.5 Å². The number of rotatable bonds is 3. The van der Waals surface area contributed by atoms with Crippen LogP contribution in [0.5, 0.6) is 0 Å². The minimum atomic E-state index is -0.0326. The number of thiazole rings is 1. The van der Waals surface area contributed by atoms with E-state index in [0.29, 0.717) is 6.42 Å². The van der Waals surface area contributed by atoms with Gasteiger partial charge in [0.05, 0.1) is 23.0 Å². The molecular formula is C23H24N4O2S. The lowest BCUT2D eigenvalue weighted by Crippen LogP contribution is -2.26. The van der Waals surface area contributed by atoms with Crippen LogP contribution in [0, 0.1) is 5.41 Å². The molecule has 7 heteroatoms. The number of carbonyl (C=O) groups excluding carboxylic acids is 1. The van der Waals surface area contributed by atoms with Crippen molar-refractivity contribution in [2.24, 2.45) is 12.5 Å². The van der Waals surface area contributed by atoms with Crippen LogP contribution in [-0.4, -0.2) is 20.5 Å². The van der Waals surface area contributed by atoms with Gasteiger partial charge < -0.3 is 4.74 Å². The number of anilines is 1. The molecule has 0 spiro atoms. The molecule has 0 amide bonds. The van der Waals surface area contributed by atoms with Crippen LogP contribution in [0.1, 0.15) is 54.0 Å². The number of aryl methyl sites for hydroxylation is 1. The lowest BCUT2D eigenvalue weighted by Gasteiger charge is -2.26. The zero-order chi connectivity index (χ0) is 20.9. The molecule has 6 nitrogen and oxygen atoms in total. The predicted octanol–water partition coefficient (Wildman–Crippen LogP) is 4.98. The third-order valence-corrected chi connectivity index (χ3v) is 6.75. The summed E-state index contributed by atoms with van der Waals surface area (Å²) in [7, 11) is 1.92. The smallest absolute Gasteiger partial charge is 0.194 e. The SMILES string of the molecule is Cn1cc(C2=C(C3=CN(c4nc5c(s4)C(=O)CC(C)(C)C5)C=CO3)CCC=C2)cn1. The van der Waals surface area contributed by atoms with E-state index >= 15 is 0 Å². The van der Waals surface area contributed by atoms with Gasteiger partial charge in [-0.1, -0.05) is 37.3 Å². The van der Waals surface area contributed by atoms with Gasteiger partial charge in [-0.3, -0.25) is 14.4 Å². The fraction of sp³-hybridized carbons (Fsp3) is 0.348. The van der Waals surface area contributed by atoms with E-state index in [9.17, 15) is 4.79 Å². The Bertz CT molecular complexity index is 1150. The van der Waals surface area contributed by atoms with Gasteiger partial charge in [-0.2, -0.15) is 5.10 Å². The van der Waals surface area contributed by atoms with Crippen LogP contribution in [0.25, 0.3) is 5.57 Å². The number of allylic oxidation sites excluding steroid dienone is 4. The Morgan fingerprint density at radius 1 is 1.27 bits per heavy atom. The second-order valence-electron chi connectivity index (χ2n) is 8.75. The van der Waals surface area contributed by atoms with Gasteiger partial charge in [0.25, 0.3) is 0 Å². The van der Waals surface area contributed by atoms with Crippen molar-refractivity contribution < 1.29 is 9.53 Å². The summed E-state index contributed by atoms with van der Waals surface area (Å²) in [6, 6.07) is 0. The van der Waals surface area contributed by atoms with Crippen molar-refractivity contribution in [3.8, 4) is 0 Å². The van der Waals surface area contributed by atoms with E-state index in [1.807, 2.05) is 41.4 Å². The molecule has 0 unspecified atom stereocenters. The quantitative estimate of drug-likeness (QED) is 0.700. The average molecular weight is 421 g/mol. The third-order valence-electron chi connectivity index (χ3n) is 5.60. The summed E-state index contributed by atoms with van der Waals surface area (Å²) < 4.78 is 7.72. The van der Waals surface area contributed by atoms with E-state index in [4.69, 9.17) is 9.72 Å². The van der Waals surface area contributed by atoms with Crippen molar-refractivity contribution in [3.63, 3.8) is 0 Å². The van der Waals surface area contributed by atoms with Crippen LogP contribution in [0.15, 0.2) is 54.5 Å². The summed E-state index contributed by atoms with van der Waals surface area (Å²) in [4.78, 5) is 20.2. The largest absolute Gasteiger partial charge is 0.462 e. The molecule has 0 saturated heterocycles. The summed E-state index contributed by atoms with van der Waals surface area (Å²) in [5.74, 6) is 1.01. The van der Waals surface area contributed by atoms with Crippen molar-refractivity contribution in [1.82, 2.24) is 14.8 Å². The Kier molecular flexibility index (Phi) is 4.50. The number of nitrogens with zero attached hydrogens (tertiary/aromatic N) is 4. The van der Waals surface area contributed by atoms with Crippen LogP contribution in [0.2, 0.25) is 0 Å². The van der Waals surface area contributed by atoms with Gasteiger partial charge in [0, 0.05) is 37.0 Å². The Balaban J connectivity index is 1.51. The summed E-state index contributed by atoms with van der Waals surface area (Å²) in [6.07, 6.45) is 17.0. The second kappa shape index (κ2) is 7.09. The first kappa shape index (κ1) is 19.1. The Morgan fingerprint density at radius 3 is 2.93 bits per heavy atom. The summed E-state index contributed by atoms with van der Waals surface area (Å²) >= 11 is 1.47. The molecule has 3 heterocycles. The van der Waals surface area contributed by atoms with Gasteiger partial charge in [-0.25, -0.2) is 4.98 Å². The van der Waals surface area contributed by atoms with E-state index in [0.717, 1.165) is 57.4 Å². The maximum atomic E-state index is 12.6. The molecule has 2 aromatic heterocycles. The van der Waals surface area contributed by atoms with Crippen molar-refractivity contribution in [3.05, 3.63) is 70.7 Å². The molecule has 0 bridgehead atoms. The molecule has 0 fully saturated rings. The fourth-order valence-corrected chi connectivity index (χ4v) is 5.18. The molecule has 0 N–H and O–H groups in total. The van der Waals surface area contributed by atoms with Crippen LogP contribution < -0.4 is 4.90 Å². The van der Waals surface area contributed by atoms with Crippen LogP contribution in [0.4, 0.5) is 5.13 Å². The molecule has 30 heavy (non-hydrogen) atoms.